The van der Waals surface area contributed by atoms with Crippen molar-refractivity contribution in [1.29, 1.82) is 0 Å². The predicted octanol–water partition coefficient (Wildman–Crippen LogP) is 3.53. The SMILES string of the molecule is OC1(Cc2cc(Cl)ccc2Cl)CCN2CCCC2C1. The van der Waals surface area contributed by atoms with E-state index in [0.717, 1.165) is 24.9 Å². The fraction of sp³-hybridized carbons (Fsp3) is 0.600. The summed E-state index contributed by atoms with van der Waals surface area (Å²) in [6.07, 6.45) is 4.77. The van der Waals surface area contributed by atoms with Gasteiger partial charge in [0.15, 0.2) is 0 Å². The second kappa shape index (κ2) is 5.25. The molecule has 0 radical (unpaired) electrons. The zero-order valence-corrected chi connectivity index (χ0v) is 12.4. The van der Waals surface area contributed by atoms with E-state index in [9.17, 15) is 5.11 Å². The third-order valence-electron chi connectivity index (χ3n) is 4.51. The summed E-state index contributed by atoms with van der Waals surface area (Å²) in [4.78, 5) is 2.51. The lowest BCUT2D eigenvalue weighted by Crippen LogP contribution is -2.48. The van der Waals surface area contributed by atoms with E-state index < -0.39 is 5.60 Å². The van der Waals surface area contributed by atoms with Crippen LogP contribution in [-0.2, 0) is 6.42 Å². The molecule has 2 nitrogen and oxygen atoms in total. The number of rotatable bonds is 2. The lowest BCUT2D eigenvalue weighted by atomic mass is 9.82. The smallest absolute Gasteiger partial charge is 0.0715 e. The molecule has 2 saturated heterocycles. The van der Waals surface area contributed by atoms with Crippen molar-refractivity contribution in [2.24, 2.45) is 0 Å². The number of fused-ring (bicyclic) bond motifs is 1. The highest BCUT2D eigenvalue weighted by Crippen LogP contribution is 2.36. The Morgan fingerprint density at radius 1 is 1.32 bits per heavy atom. The van der Waals surface area contributed by atoms with Crippen LogP contribution in [0.25, 0.3) is 0 Å². The molecule has 0 aliphatic carbocycles. The first-order chi connectivity index (χ1) is 9.06. The third-order valence-corrected chi connectivity index (χ3v) is 5.11. The fourth-order valence-corrected chi connectivity index (χ4v) is 3.89. The number of aliphatic hydroxyl groups is 1. The number of halogens is 2. The Kier molecular flexibility index (Phi) is 3.78. The van der Waals surface area contributed by atoms with Gasteiger partial charge in [-0.05, 0) is 56.0 Å². The normalized spacial score (nSPS) is 31.4. The Hall–Kier alpha value is -0.280. The molecule has 2 aliphatic rings. The van der Waals surface area contributed by atoms with Crippen molar-refractivity contribution in [2.75, 3.05) is 13.1 Å². The highest BCUT2D eigenvalue weighted by Gasteiger charge is 2.40. The van der Waals surface area contributed by atoms with Crippen molar-refractivity contribution in [2.45, 2.75) is 43.7 Å². The Balaban J connectivity index is 1.76. The van der Waals surface area contributed by atoms with Gasteiger partial charge in [-0.1, -0.05) is 23.2 Å². The Labute approximate surface area is 124 Å². The van der Waals surface area contributed by atoms with Gasteiger partial charge in [0.05, 0.1) is 5.60 Å². The number of hydrogen-bond donors (Lipinski definition) is 1. The Morgan fingerprint density at radius 3 is 3.00 bits per heavy atom. The molecule has 3 rings (SSSR count). The second-order valence-electron chi connectivity index (χ2n) is 5.92. The van der Waals surface area contributed by atoms with Gasteiger partial charge in [-0.3, -0.25) is 0 Å². The summed E-state index contributed by atoms with van der Waals surface area (Å²) in [6.45, 7) is 2.19. The zero-order chi connectivity index (χ0) is 13.5. The molecule has 0 saturated carbocycles. The van der Waals surface area contributed by atoms with Gasteiger partial charge in [0.1, 0.15) is 0 Å². The maximum atomic E-state index is 10.9. The van der Waals surface area contributed by atoms with Gasteiger partial charge in [-0.15, -0.1) is 0 Å². The van der Waals surface area contributed by atoms with Gasteiger partial charge >= 0.3 is 0 Å². The molecule has 2 atom stereocenters. The highest BCUT2D eigenvalue weighted by molar-refractivity contribution is 6.33. The zero-order valence-electron chi connectivity index (χ0n) is 10.9. The summed E-state index contributed by atoms with van der Waals surface area (Å²) in [7, 11) is 0. The summed E-state index contributed by atoms with van der Waals surface area (Å²) >= 11 is 12.2. The fourth-order valence-electron chi connectivity index (χ4n) is 3.51. The Morgan fingerprint density at radius 2 is 2.16 bits per heavy atom. The summed E-state index contributed by atoms with van der Waals surface area (Å²) in [5.74, 6) is 0. The molecular formula is C15H19Cl2NO. The van der Waals surface area contributed by atoms with Gasteiger partial charge in [0.25, 0.3) is 0 Å². The number of benzene rings is 1. The number of hydrogen-bond acceptors (Lipinski definition) is 2. The van der Waals surface area contributed by atoms with Gasteiger partial charge in [-0.25, -0.2) is 0 Å². The average Bonchev–Trinajstić information content (AvgIpc) is 2.80. The van der Waals surface area contributed by atoms with Gasteiger partial charge in [0, 0.05) is 29.1 Å². The largest absolute Gasteiger partial charge is 0.389 e. The third kappa shape index (κ3) is 2.92. The first kappa shape index (κ1) is 13.7. The van der Waals surface area contributed by atoms with Crippen molar-refractivity contribution in [3.05, 3.63) is 33.8 Å². The summed E-state index contributed by atoms with van der Waals surface area (Å²) in [5, 5.41) is 12.2. The molecule has 2 unspecified atom stereocenters. The number of nitrogens with zero attached hydrogens (tertiary/aromatic N) is 1. The second-order valence-corrected chi connectivity index (χ2v) is 6.77. The van der Waals surface area contributed by atoms with Crippen molar-refractivity contribution in [3.8, 4) is 0 Å². The molecular weight excluding hydrogens is 281 g/mol. The molecule has 2 heterocycles. The van der Waals surface area contributed by atoms with Crippen LogP contribution in [0.5, 0.6) is 0 Å². The minimum Gasteiger partial charge on any atom is -0.389 e. The molecule has 0 spiro atoms. The van der Waals surface area contributed by atoms with Gasteiger partial charge in [0.2, 0.25) is 0 Å². The maximum absolute atomic E-state index is 10.9. The minimum atomic E-state index is -0.625. The van der Waals surface area contributed by atoms with Gasteiger partial charge in [-0.2, -0.15) is 0 Å². The average molecular weight is 300 g/mol. The quantitative estimate of drug-likeness (QED) is 0.903. The maximum Gasteiger partial charge on any atom is 0.0715 e. The van der Waals surface area contributed by atoms with E-state index >= 15 is 0 Å². The van der Waals surface area contributed by atoms with Crippen LogP contribution in [0.15, 0.2) is 18.2 Å². The van der Waals surface area contributed by atoms with Crippen molar-refractivity contribution in [1.82, 2.24) is 4.90 Å². The van der Waals surface area contributed by atoms with E-state index in [1.54, 1.807) is 6.07 Å². The first-order valence-electron chi connectivity index (χ1n) is 6.96. The van der Waals surface area contributed by atoms with Crippen LogP contribution in [0.2, 0.25) is 10.0 Å². The van der Waals surface area contributed by atoms with E-state index in [1.807, 2.05) is 12.1 Å². The molecule has 0 amide bonds. The molecule has 0 bridgehead atoms. The highest BCUT2D eigenvalue weighted by atomic mass is 35.5. The lowest BCUT2D eigenvalue weighted by molar-refractivity contribution is -0.0353. The molecule has 104 valence electrons. The van der Waals surface area contributed by atoms with E-state index in [2.05, 4.69) is 4.90 Å². The van der Waals surface area contributed by atoms with Crippen LogP contribution in [0.3, 0.4) is 0 Å². The monoisotopic (exact) mass is 299 g/mol. The standard InChI is InChI=1S/C15H19Cl2NO/c16-12-3-4-14(17)11(8-12)9-15(19)5-7-18-6-1-2-13(18)10-15/h3-4,8,13,19H,1-2,5-7,9-10H2. The van der Waals surface area contributed by atoms with Crippen molar-refractivity contribution >= 4 is 23.2 Å². The topological polar surface area (TPSA) is 23.5 Å². The Bertz CT molecular complexity index is 479. The van der Waals surface area contributed by atoms with Crippen LogP contribution in [-0.4, -0.2) is 34.7 Å². The van der Waals surface area contributed by atoms with Crippen LogP contribution in [0, 0.1) is 0 Å². The van der Waals surface area contributed by atoms with E-state index in [4.69, 9.17) is 23.2 Å². The first-order valence-corrected chi connectivity index (χ1v) is 7.72. The van der Waals surface area contributed by atoms with Crippen LogP contribution < -0.4 is 0 Å². The van der Waals surface area contributed by atoms with E-state index in [0.29, 0.717) is 22.5 Å². The minimum absolute atomic E-state index is 0.553. The molecule has 1 aromatic carbocycles. The lowest BCUT2D eigenvalue weighted by Gasteiger charge is -2.41. The van der Waals surface area contributed by atoms with E-state index in [-0.39, 0.29) is 0 Å². The van der Waals surface area contributed by atoms with Crippen molar-refractivity contribution in [3.63, 3.8) is 0 Å². The summed E-state index contributed by atoms with van der Waals surface area (Å²) < 4.78 is 0. The molecule has 0 aromatic heterocycles. The summed E-state index contributed by atoms with van der Waals surface area (Å²) in [6, 6.07) is 6.03. The van der Waals surface area contributed by atoms with Crippen LogP contribution in [0.4, 0.5) is 0 Å². The van der Waals surface area contributed by atoms with Crippen molar-refractivity contribution < 1.29 is 5.11 Å². The molecule has 1 N–H and O–H groups in total. The predicted molar refractivity (Wildman–Crippen MR) is 78.9 cm³/mol. The van der Waals surface area contributed by atoms with Crippen LogP contribution in [0.1, 0.15) is 31.2 Å². The molecule has 4 heteroatoms. The summed E-state index contributed by atoms with van der Waals surface area (Å²) in [5.41, 5.74) is 0.336. The molecule has 2 aliphatic heterocycles. The number of piperidine rings is 1. The van der Waals surface area contributed by atoms with Gasteiger partial charge < -0.3 is 10.0 Å². The molecule has 2 fully saturated rings. The molecule has 19 heavy (non-hydrogen) atoms. The van der Waals surface area contributed by atoms with Crippen LogP contribution >= 0.6 is 23.2 Å². The van der Waals surface area contributed by atoms with E-state index in [1.165, 1.54) is 19.4 Å². The molecule has 1 aromatic rings.